The highest BCUT2D eigenvalue weighted by molar-refractivity contribution is 6.32. The van der Waals surface area contributed by atoms with Crippen molar-refractivity contribution in [2.45, 2.75) is 44.4 Å². The summed E-state index contributed by atoms with van der Waals surface area (Å²) in [6, 6.07) is 4.85. The molecule has 2 heterocycles. The number of fused-ring (bicyclic) bond motifs is 2. The number of nitrogens with zero attached hydrogens (tertiary/aromatic N) is 2. The Morgan fingerprint density at radius 1 is 1.41 bits per heavy atom. The van der Waals surface area contributed by atoms with Crippen molar-refractivity contribution in [3.63, 3.8) is 0 Å². The van der Waals surface area contributed by atoms with Crippen LogP contribution >= 0.6 is 11.6 Å². The number of hydrogen-bond donors (Lipinski definition) is 2. The van der Waals surface area contributed by atoms with Gasteiger partial charge in [-0.05, 0) is 50.3 Å². The fourth-order valence-electron chi connectivity index (χ4n) is 4.45. The van der Waals surface area contributed by atoms with Crippen LogP contribution in [0.2, 0.25) is 5.02 Å². The van der Waals surface area contributed by atoms with Gasteiger partial charge in [-0.2, -0.15) is 0 Å². The monoisotopic (exact) mass is 387 g/mol. The number of aromatic hydroxyl groups is 1. The van der Waals surface area contributed by atoms with Gasteiger partial charge in [0, 0.05) is 24.1 Å². The zero-order valence-electron chi connectivity index (χ0n) is 15.2. The zero-order valence-corrected chi connectivity index (χ0v) is 16.0. The number of halogens is 1. The Morgan fingerprint density at radius 2 is 2.22 bits per heavy atom. The number of phenols is 1. The SMILES string of the molecule is Cc1nc2c(c(=O)[nH]1)CCC21CCCN(C(=O)Cc2ccc(O)c(Cl)c2)C1. The van der Waals surface area contributed by atoms with E-state index in [9.17, 15) is 14.7 Å². The first-order valence-electron chi connectivity index (χ1n) is 9.23. The highest BCUT2D eigenvalue weighted by Gasteiger charge is 2.45. The minimum Gasteiger partial charge on any atom is -0.506 e. The normalized spacial score (nSPS) is 21.5. The third-order valence-corrected chi connectivity index (χ3v) is 6.09. The van der Waals surface area contributed by atoms with Crippen molar-refractivity contribution in [1.29, 1.82) is 0 Å². The van der Waals surface area contributed by atoms with Gasteiger partial charge in [0.05, 0.1) is 17.1 Å². The zero-order chi connectivity index (χ0) is 19.2. The Labute approximate surface area is 162 Å². The van der Waals surface area contributed by atoms with Gasteiger partial charge in [0.15, 0.2) is 0 Å². The summed E-state index contributed by atoms with van der Waals surface area (Å²) >= 11 is 5.95. The van der Waals surface area contributed by atoms with Crippen LogP contribution in [0.3, 0.4) is 0 Å². The Bertz CT molecular complexity index is 971. The van der Waals surface area contributed by atoms with E-state index in [0.717, 1.165) is 36.1 Å². The summed E-state index contributed by atoms with van der Waals surface area (Å²) in [5, 5.41) is 9.79. The summed E-state index contributed by atoms with van der Waals surface area (Å²) in [6.45, 7) is 3.11. The van der Waals surface area contributed by atoms with Crippen molar-refractivity contribution in [3.8, 4) is 5.75 Å². The number of piperidine rings is 1. The number of benzene rings is 1. The van der Waals surface area contributed by atoms with Gasteiger partial charge < -0.3 is 15.0 Å². The van der Waals surface area contributed by atoms with Crippen molar-refractivity contribution in [2.24, 2.45) is 0 Å². The number of hydrogen-bond acceptors (Lipinski definition) is 4. The van der Waals surface area contributed by atoms with Crippen LogP contribution in [0, 0.1) is 6.92 Å². The van der Waals surface area contributed by atoms with Gasteiger partial charge in [0.1, 0.15) is 11.6 Å². The van der Waals surface area contributed by atoms with Crippen molar-refractivity contribution < 1.29 is 9.90 Å². The van der Waals surface area contributed by atoms with Crippen molar-refractivity contribution in [2.75, 3.05) is 13.1 Å². The van der Waals surface area contributed by atoms with Crippen LogP contribution in [0.5, 0.6) is 5.75 Å². The number of phenolic OH excluding ortho intramolecular Hbond substituents is 1. The van der Waals surface area contributed by atoms with Crippen LogP contribution in [-0.4, -0.2) is 39.0 Å². The topological polar surface area (TPSA) is 86.3 Å². The lowest BCUT2D eigenvalue weighted by Gasteiger charge is -2.40. The van der Waals surface area contributed by atoms with Crippen LogP contribution < -0.4 is 5.56 Å². The molecule has 2 aliphatic rings. The van der Waals surface area contributed by atoms with E-state index in [4.69, 9.17) is 11.6 Å². The first-order chi connectivity index (χ1) is 12.9. The van der Waals surface area contributed by atoms with Crippen LogP contribution in [0.4, 0.5) is 0 Å². The quantitative estimate of drug-likeness (QED) is 0.828. The Kier molecular flexibility index (Phi) is 4.46. The minimum atomic E-state index is -0.213. The molecule has 1 aliphatic heterocycles. The number of likely N-dealkylation sites (tertiary alicyclic amines) is 1. The Balaban J connectivity index is 1.56. The molecule has 0 saturated carbocycles. The van der Waals surface area contributed by atoms with Crippen molar-refractivity contribution in [3.05, 3.63) is 56.2 Å². The average molecular weight is 388 g/mol. The molecule has 1 aromatic heterocycles. The summed E-state index contributed by atoms with van der Waals surface area (Å²) in [4.78, 5) is 34.5. The molecule has 1 amide bonds. The van der Waals surface area contributed by atoms with Gasteiger partial charge in [-0.3, -0.25) is 9.59 Å². The minimum absolute atomic E-state index is 0.0130. The lowest BCUT2D eigenvalue weighted by molar-refractivity contribution is -0.132. The molecule has 1 fully saturated rings. The van der Waals surface area contributed by atoms with E-state index in [-0.39, 0.29) is 34.1 Å². The Hall–Kier alpha value is -2.34. The number of amides is 1. The number of nitrogens with one attached hydrogen (secondary N) is 1. The molecular formula is C20H22ClN3O3. The molecule has 1 aromatic carbocycles. The molecule has 1 atom stereocenters. The number of aromatic amines is 1. The highest BCUT2D eigenvalue weighted by atomic mass is 35.5. The molecular weight excluding hydrogens is 366 g/mol. The first-order valence-corrected chi connectivity index (χ1v) is 9.61. The van der Waals surface area contributed by atoms with E-state index in [0.29, 0.717) is 25.3 Å². The third kappa shape index (κ3) is 3.23. The van der Waals surface area contributed by atoms with E-state index >= 15 is 0 Å². The number of aromatic nitrogens is 2. The molecule has 1 unspecified atom stereocenters. The second-order valence-electron chi connectivity index (χ2n) is 7.64. The predicted octanol–water partition coefficient (Wildman–Crippen LogP) is 2.49. The maximum Gasteiger partial charge on any atom is 0.254 e. The second kappa shape index (κ2) is 6.68. The van der Waals surface area contributed by atoms with E-state index in [1.807, 2.05) is 4.90 Å². The van der Waals surface area contributed by atoms with Gasteiger partial charge in [-0.25, -0.2) is 4.98 Å². The van der Waals surface area contributed by atoms with Crippen molar-refractivity contribution >= 4 is 17.5 Å². The lowest BCUT2D eigenvalue weighted by Crippen LogP contribution is -2.48. The van der Waals surface area contributed by atoms with Gasteiger partial charge >= 0.3 is 0 Å². The molecule has 0 radical (unpaired) electrons. The molecule has 6 nitrogen and oxygen atoms in total. The fourth-order valence-corrected chi connectivity index (χ4v) is 4.66. The number of aryl methyl sites for hydroxylation is 1. The second-order valence-corrected chi connectivity index (χ2v) is 8.05. The molecule has 4 rings (SSSR count). The average Bonchev–Trinajstić information content (AvgIpc) is 2.96. The molecule has 27 heavy (non-hydrogen) atoms. The molecule has 1 aliphatic carbocycles. The summed E-state index contributed by atoms with van der Waals surface area (Å²) < 4.78 is 0. The summed E-state index contributed by atoms with van der Waals surface area (Å²) in [7, 11) is 0. The number of carbonyl (C=O) groups excluding carboxylic acids is 1. The molecule has 7 heteroatoms. The highest BCUT2D eigenvalue weighted by Crippen LogP contribution is 2.43. The lowest BCUT2D eigenvalue weighted by atomic mass is 9.77. The number of carbonyl (C=O) groups is 1. The number of H-pyrrole nitrogens is 1. The summed E-state index contributed by atoms with van der Waals surface area (Å²) in [5.74, 6) is 0.673. The number of rotatable bonds is 2. The predicted molar refractivity (Wildman–Crippen MR) is 102 cm³/mol. The molecule has 2 aromatic rings. The standard InChI is InChI=1S/C20H22ClN3O3/c1-12-22-18-14(19(27)23-12)5-7-20(18)6-2-8-24(11-20)17(26)10-13-3-4-16(25)15(21)9-13/h3-4,9,25H,2,5-8,10-11H2,1H3,(H,22,23,27). The van der Waals surface area contributed by atoms with Gasteiger partial charge in [-0.15, -0.1) is 0 Å². The third-order valence-electron chi connectivity index (χ3n) is 5.79. The maximum atomic E-state index is 12.9. The smallest absolute Gasteiger partial charge is 0.254 e. The van der Waals surface area contributed by atoms with Crippen LogP contribution in [-0.2, 0) is 23.1 Å². The van der Waals surface area contributed by atoms with E-state index in [1.54, 1.807) is 19.1 Å². The fraction of sp³-hybridized carbons (Fsp3) is 0.450. The van der Waals surface area contributed by atoms with E-state index < -0.39 is 0 Å². The van der Waals surface area contributed by atoms with Crippen LogP contribution in [0.1, 0.15) is 41.9 Å². The summed E-state index contributed by atoms with van der Waals surface area (Å²) in [6.07, 6.45) is 3.66. The van der Waals surface area contributed by atoms with Crippen LogP contribution in [0.15, 0.2) is 23.0 Å². The van der Waals surface area contributed by atoms with Gasteiger partial charge in [0.2, 0.25) is 5.91 Å². The maximum absolute atomic E-state index is 12.9. The molecule has 0 bridgehead atoms. The largest absolute Gasteiger partial charge is 0.506 e. The van der Waals surface area contributed by atoms with E-state index in [1.165, 1.54) is 6.07 Å². The Morgan fingerprint density at radius 3 is 3.00 bits per heavy atom. The van der Waals surface area contributed by atoms with Crippen LogP contribution in [0.25, 0.3) is 0 Å². The molecule has 1 spiro atoms. The molecule has 142 valence electrons. The molecule has 2 N–H and O–H groups in total. The van der Waals surface area contributed by atoms with E-state index in [2.05, 4.69) is 9.97 Å². The van der Waals surface area contributed by atoms with Gasteiger partial charge in [0.25, 0.3) is 5.56 Å². The molecule has 1 saturated heterocycles. The summed E-state index contributed by atoms with van der Waals surface area (Å²) in [5.41, 5.74) is 2.18. The van der Waals surface area contributed by atoms with Crippen molar-refractivity contribution in [1.82, 2.24) is 14.9 Å². The first kappa shape index (κ1) is 18.0. The van der Waals surface area contributed by atoms with Gasteiger partial charge in [-0.1, -0.05) is 17.7 Å².